The summed E-state index contributed by atoms with van der Waals surface area (Å²) in [7, 11) is 0. The van der Waals surface area contributed by atoms with Crippen molar-refractivity contribution < 1.29 is 28.6 Å². The number of allylic oxidation sites excluding steroid dienone is 12. The highest BCUT2D eigenvalue weighted by molar-refractivity contribution is 5.71. The predicted molar refractivity (Wildman–Crippen MR) is 293 cm³/mol. The SMILES string of the molecule is CCCCC/C=C\C/C=C\C/C=C\C/C=C\C/C=C\CCC(=O)OC[C@H](COC(=O)CCCCCCCCCCCCCC)OC(=O)CCCCCCCCCCC/C=C\CCCCCCCC. The second kappa shape index (κ2) is 56.4. The summed E-state index contributed by atoms with van der Waals surface area (Å²) in [5.74, 6) is -0.977. The first kappa shape index (κ1) is 64.8. The van der Waals surface area contributed by atoms with E-state index in [0.717, 1.165) is 64.2 Å². The monoisotopic (exact) mass is 949 g/mol. The number of hydrogen-bond acceptors (Lipinski definition) is 6. The zero-order valence-corrected chi connectivity index (χ0v) is 44.9. The van der Waals surface area contributed by atoms with Crippen molar-refractivity contribution in [2.45, 2.75) is 290 Å². The van der Waals surface area contributed by atoms with Gasteiger partial charge in [-0.05, 0) is 83.5 Å². The van der Waals surface area contributed by atoms with Crippen LogP contribution in [-0.2, 0) is 28.6 Å². The molecule has 68 heavy (non-hydrogen) atoms. The van der Waals surface area contributed by atoms with Gasteiger partial charge >= 0.3 is 17.9 Å². The number of esters is 3. The highest BCUT2D eigenvalue weighted by Crippen LogP contribution is 2.15. The van der Waals surface area contributed by atoms with E-state index >= 15 is 0 Å². The Bertz CT molecular complexity index is 1270. The highest BCUT2D eigenvalue weighted by Gasteiger charge is 2.19. The third-order valence-corrected chi connectivity index (χ3v) is 12.4. The molecule has 1 atom stereocenters. The van der Waals surface area contributed by atoms with Crippen molar-refractivity contribution in [2.75, 3.05) is 13.2 Å². The third-order valence-electron chi connectivity index (χ3n) is 12.4. The quantitative estimate of drug-likeness (QED) is 0.0262. The van der Waals surface area contributed by atoms with Crippen LogP contribution in [0.5, 0.6) is 0 Å². The van der Waals surface area contributed by atoms with Gasteiger partial charge in [0, 0.05) is 19.3 Å². The Balaban J connectivity index is 4.45. The van der Waals surface area contributed by atoms with E-state index in [-0.39, 0.29) is 37.5 Å². The maximum Gasteiger partial charge on any atom is 0.306 e. The molecule has 0 heterocycles. The van der Waals surface area contributed by atoms with Gasteiger partial charge in [0.2, 0.25) is 0 Å². The lowest BCUT2D eigenvalue weighted by molar-refractivity contribution is -0.166. The second-order valence-electron chi connectivity index (χ2n) is 19.2. The molecule has 0 aliphatic carbocycles. The molecule has 0 saturated carbocycles. The Morgan fingerprint density at radius 3 is 0.956 bits per heavy atom. The van der Waals surface area contributed by atoms with Gasteiger partial charge in [-0.3, -0.25) is 14.4 Å². The van der Waals surface area contributed by atoms with Gasteiger partial charge in [-0.1, -0.05) is 254 Å². The van der Waals surface area contributed by atoms with Crippen molar-refractivity contribution in [2.24, 2.45) is 0 Å². The smallest absolute Gasteiger partial charge is 0.306 e. The van der Waals surface area contributed by atoms with E-state index in [2.05, 4.69) is 87.6 Å². The minimum absolute atomic E-state index is 0.0967. The average molecular weight is 950 g/mol. The normalized spacial score (nSPS) is 12.6. The van der Waals surface area contributed by atoms with Gasteiger partial charge in [-0.25, -0.2) is 0 Å². The summed E-state index contributed by atoms with van der Waals surface area (Å²) in [6.07, 6.45) is 71.9. The largest absolute Gasteiger partial charge is 0.462 e. The Morgan fingerprint density at radius 2 is 0.559 bits per heavy atom. The molecular weight excluding hydrogens is 841 g/mol. The molecule has 0 fully saturated rings. The van der Waals surface area contributed by atoms with E-state index in [0.29, 0.717) is 19.3 Å². The Labute approximate surface area is 421 Å². The van der Waals surface area contributed by atoms with E-state index in [1.54, 1.807) is 0 Å². The van der Waals surface area contributed by atoms with Gasteiger partial charge in [0.25, 0.3) is 0 Å². The molecule has 0 aliphatic heterocycles. The standard InChI is InChI=1S/C62H108O6/c1-4-7-10-13-16-19-22-25-27-29-31-33-35-37-40-43-46-49-52-55-61(64)67-58-59(57-66-60(63)54-51-48-45-42-39-24-21-18-15-12-9-6-3)68-62(65)56-53-50-47-44-41-38-36-34-32-30-28-26-23-20-17-14-11-8-5-2/h16,19,25-28,31,33,37,40,46,49,59H,4-15,17-18,20-24,29-30,32,34-36,38-39,41-45,47-48,50-58H2,1-3H3/b19-16-,27-25-,28-26-,33-31-,40-37-,49-46-/t59-/m0/s1. The van der Waals surface area contributed by atoms with Crippen molar-refractivity contribution >= 4 is 17.9 Å². The molecule has 0 aromatic rings. The van der Waals surface area contributed by atoms with Crippen LogP contribution in [0.25, 0.3) is 0 Å². The van der Waals surface area contributed by atoms with E-state index in [1.807, 2.05) is 6.08 Å². The molecule has 0 spiro atoms. The number of rotatable bonds is 52. The van der Waals surface area contributed by atoms with E-state index in [9.17, 15) is 14.4 Å². The molecule has 0 aromatic carbocycles. The summed E-state index contributed by atoms with van der Waals surface area (Å²) in [6, 6.07) is 0. The van der Waals surface area contributed by atoms with Crippen LogP contribution in [0.2, 0.25) is 0 Å². The topological polar surface area (TPSA) is 78.9 Å². The lowest BCUT2D eigenvalue weighted by Gasteiger charge is -2.18. The fourth-order valence-electron chi connectivity index (χ4n) is 8.07. The summed E-state index contributed by atoms with van der Waals surface area (Å²) >= 11 is 0. The molecular formula is C62H108O6. The average Bonchev–Trinajstić information content (AvgIpc) is 3.34. The van der Waals surface area contributed by atoms with Crippen molar-refractivity contribution in [3.05, 3.63) is 72.9 Å². The van der Waals surface area contributed by atoms with Crippen LogP contribution in [0.1, 0.15) is 284 Å². The van der Waals surface area contributed by atoms with Crippen LogP contribution in [0, 0.1) is 0 Å². The Morgan fingerprint density at radius 1 is 0.294 bits per heavy atom. The Kier molecular flexibility index (Phi) is 53.8. The fourth-order valence-corrected chi connectivity index (χ4v) is 8.07. The van der Waals surface area contributed by atoms with Gasteiger partial charge in [-0.15, -0.1) is 0 Å². The van der Waals surface area contributed by atoms with Gasteiger partial charge < -0.3 is 14.2 Å². The molecule has 392 valence electrons. The maximum absolute atomic E-state index is 12.9. The summed E-state index contributed by atoms with van der Waals surface area (Å²) < 4.78 is 16.8. The number of unbranched alkanes of at least 4 members (excludes halogenated alkanes) is 29. The van der Waals surface area contributed by atoms with Crippen molar-refractivity contribution in [3.8, 4) is 0 Å². The maximum atomic E-state index is 12.9. The molecule has 6 nitrogen and oxygen atoms in total. The molecule has 0 aliphatic rings. The third kappa shape index (κ3) is 53.8. The molecule has 6 heteroatoms. The van der Waals surface area contributed by atoms with Gasteiger partial charge in [0.05, 0.1) is 0 Å². The zero-order chi connectivity index (χ0) is 49.3. The number of carbonyl (C=O) groups is 3. The zero-order valence-electron chi connectivity index (χ0n) is 44.9. The molecule has 0 saturated heterocycles. The van der Waals surface area contributed by atoms with E-state index in [4.69, 9.17) is 14.2 Å². The minimum Gasteiger partial charge on any atom is -0.462 e. The fraction of sp³-hybridized carbons (Fsp3) is 0.758. The number of carbonyl (C=O) groups excluding carboxylic acids is 3. The molecule has 0 bridgehead atoms. The summed E-state index contributed by atoms with van der Waals surface area (Å²) in [5, 5.41) is 0. The molecule has 0 unspecified atom stereocenters. The Hall–Kier alpha value is -3.15. The van der Waals surface area contributed by atoms with Crippen LogP contribution in [0.4, 0.5) is 0 Å². The van der Waals surface area contributed by atoms with Crippen molar-refractivity contribution in [3.63, 3.8) is 0 Å². The first-order chi connectivity index (χ1) is 33.5. The van der Waals surface area contributed by atoms with Gasteiger partial charge in [-0.2, -0.15) is 0 Å². The van der Waals surface area contributed by atoms with E-state index in [1.165, 1.54) is 173 Å². The first-order valence-electron chi connectivity index (χ1n) is 28.9. The molecule has 0 rings (SSSR count). The van der Waals surface area contributed by atoms with Crippen LogP contribution >= 0.6 is 0 Å². The summed E-state index contributed by atoms with van der Waals surface area (Å²) in [6.45, 7) is 6.56. The van der Waals surface area contributed by atoms with Crippen LogP contribution in [0.3, 0.4) is 0 Å². The molecule has 0 amide bonds. The minimum atomic E-state index is -0.804. The molecule has 0 radical (unpaired) electrons. The molecule has 0 aromatic heterocycles. The number of ether oxygens (including phenoxy) is 3. The van der Waals surface area contributed by atoms with Crippen LogP contribution < -0.4 is 0 Å². The van der Waals surface area contributed by atoms with Gasteiger partial charge in [0.1, 0.15) is 13.2 Å². The summed E-state index contributed by atoms with van der Waals surface area (Å²) in [5.41, 5.74) is 0. The number of hydrogen-bond donors (Lipinski definition) is 0. The van der Waals surface area contributed by atoms with E-state index < -0.39 is 6.10 Å². The lowest BCUT2D eigenvalue weighted by Crippen LogP contribution is -2.30. The second-order valence-corrected chi connectivity index (χ2v) is 19.2. The van der Waals surface area contributed by atoms with Crippen molar-refractivity contribution in [1.82, 2.24) is 0 Å². The van der Waals surface area contributed by atoms with Gasteiger partial charge in [0.15, 0.2) is 6.10 Å². The predicted octanol–water partition coefficient (Wildman–Crippen LogP) is 19.4. The first-order valence-corrected chi connectivity index (χ1v) is 28.9. The van der Waals surface area contributed by atoms with Crippen molar-refractivity contribution in [1.29, 1.82) is 0 Å². The highest BCUT2D eigenvalue weighted by atomic mass is 16.6. The van der Waals surface area contributed by atoms with Crippen LogP contribution in [-0.4, -0.2) is 37.2 Å². The molecule has 0 N–H and O–H groups in total. The van der Waals surface area contributed by atoms with Crippen LogP contribution in [0.15, 0.2) is 72.9 Å². The summed E-state index contributed by atoms with van der Waals surface area (Å²) in [4.78, 5) is 38.1. The lowest BCUT2D eigenvalue weighted by atomic mass is 10.0.